The van der Waals surface area contributed by atoms with Gasteiger partial charge in [0.2, 0.25) is 5.91 Å². The Labute approximate surface area is 107 Å². The van der Waals surface area contributed by atoms with Crippen LogP contribution in [0.5, 0.6) is 0 Å². The number of carbonyl (C=O) groups excluding carboxylic acids is 1. The molecule has 0 bridgehead atoms. The van der Waals surface area contributed by atoms with E-state index in [4.69, 9.17) is 0 Å². The number of rotatable bonds is 6. The molecule has 1 amide bonds. The highest BCUT2D eigenvalue weighted by atomic mass is 32.1. The number of carbonyl (C=O) groups is 1. The van der Waals surface area contributed by atoms with Gasteiger partial charge in [0.1, 0.15) is 0 Å². The summed E-state index contributed by atoms with van der Waals surface area (Å²) in [7, 11) is 0. The number of nitrogens with one attached hydrogen (secondary N) is 2. The van der Waals surface area contributed by atoms with Gasteiger partial charge in [-0.25, -0.2) is 0 Å². The van der Waals surface area contributed by atoms with Crippen LogP contribution in [0.1, 0.15) is 35.6 Å². The fraction of sp³-hybridized carbons (Fsp3) is 0.615. The zero-order valence-corrected chi connectivity index (χ0v) is 11.3. The van der Waals surface area contributed by atoms with Gasteiger partial charge in [-0.3, -0.25) is 4.79 Å². The Morgan fingerprint density at radius 2 is 2.29 bits per heavy atom. The average Bonchev–Trinajstić information content (AvgIpc) is 2.99. The molecule has 94 valence electrons. The summed E-state index contributed by atoms with van der Waals surface area (Å²) in [6.45, 7) is 5.54. The predicted molar refractivity (Wildman–Crippen MR) is 71.2 cm³/mol. The van der Waals surface area contributed by atoms with Crippen LogP contribution in [0.15, 0.2) is 12.1 Å². The summed E-state index contributed by atoms with van der Waals surface area (Å²) in [6.07, 6.45) is 2.64. The largest absolute Gasteiger partial charge is 0.348 e. The van der Waals surface area contributed by atoms with Gasteiger partial charge in [-0.2, -0.15) is 0 Å². The van der Waals surface area contributed by atoms with Crippen LogP contribution in [0.25, 0.3) is 0 Å². The van der Waals surface area contributed by atoms with Gasteiger partial charge in [-0.05, 0) is 51.3 Å². The van der Waals surface area contributed by atoms with Gasteiger partial charge >= 0.3 is 0 Å². The fourth-order valence-corrected chi connectivity index (χ4v) is 2.64. The minimum Gasteiger partial charge on any atom is -0.348 e. The van der Waals surface area contributed by atoms with E-state index in [0.29, 0.717) is 6.54 Å². The van der Waals surface area contributed by atoms with Crippen molar-refractivity contribution in [1.82, 2.24) is 10.6 Å². The predicted octanol–water partition coefficient (Wildman–Crippen LogP) is 2.23. The fourth-order valence-electron chi connectivity index (χ4n) is 1.76. The maximum absolute atomic E-state index is 11.7. The minimum absolute atomic E-state index is 0.0872. The van der Waals surface area contributed by atoms with E-state index in [1.54, 1.807) is 11.3 Å². The van der Waals surface area contributed by atoms with Crippen LogP contribution in [0, 0.1) is 12.8 Å². The van der Waals surface area contributed by atoms with Crippen molar-refractivity contribution in [3.8, 4) is 0 Å². The molecule has 2 N–H and O–H groups in total. The molecule has 1 fully saturated rings. The molecule has 1 aliphatic carbocycles. The Bertz CT molecular complexity index is 385. The van der Waals surface area contributed by atoms with Gasteiger partial charge in [0, 0.05) is 9.75 Å². The van der Waals surface area contributed by atoms with Gasteiger partial charge in [0.15, 0.2) is 0 Å². The Morgan fingerprint density at radius 3 is 2.88 bits per heavy atom. The van der Waals surface area contributed by atoms with Crippen molar-refractivity contribution in [2.75, 3.05) is 13.1 Å². The van der Waals surface area contributed by atoms with Crippen molar-refractivity contribution in [3.05, 3.63) is 21.9 Å². The van der Waals surface area contributed by atoms with Gasteiger partial charge < -0.3 is 10.6 Å². The molecule has 0 saturated heterocycles. The van der Waals surface area contributed by atoms with Crippen LogP contribution in [0.4, 0.5) is 0 Å². The van der Waals surface area contributed by atoms with E-state index >= 15 is 0 Å². The summed E-state index contributed by atoms with van der Waals surface area (Å²) in [5.74, 6) is 0.907. The first-order chi connectivity index (χ1) is 8.15. The second-order valence-electron chi connectivity index (χ2n) is 4.81. The number of hydrogen-bond donors (Lipinski definition) is 2. The average molecular weight is 252 g/mol. The van der Waals surface area contributed by atoms with E-state index in [1.807, 2.05) is 6.92 Å². The van der Waals surface area contributed by atoms with Gasteiger partial charge in [0.05, 0.1) is 12.6 Å². The van der Waals surface area contributed by atoms with Gasteiger partial charge in [-0.1, -0.05) is 0 Å². The molecule has 1 aromatic heterocycles. The zero-order valence-electron chi connectivity index (χ0n) is 10.5. The first-order valence-electron chi connectivity index (χ1n) is 6.21. The number of aryl methyl sites for hydroxylation is 1. The van der Waals surface area contributed by atoms with Crippen molar-refractivity contribution in [3.63, 3.8) is 0 Å². The molecule has 1 aromatic rings. The van der Waals surface area contributed by atoms with Gasteiger partial charge in [0.25, 0.3) is 0 Å². The van der Waals surface area contributed by atoms with Crippen LogP contribution in [0.3, 0.4) is 0 Å². The van der Waals surface area contributed by atoms with Crippen molar-refractivity contribution < 1.29 is 4.79 Å². The molecule has 0 aliphatic heterocycles. The Balaban J connectivity index is 1.69. The Morgan fingerprint density at radius 1 is 1.53 bits per heavy atom. The highest BCUT2D eigenvalue weighted by Gasteiger charge is 2.20. The summed E-state index contributed by atoms with van der Waals surface area (Å²) in [5, 5.41) is 6.21. The lowest BCUT2D eigenvalue weighted by Crippen LogP contribution is -2.35. The Hall–Kier alpha value is -0.870. The highest BCUT2D eigenvalue weighted by Crippen LogP contribution is 2.27. The van der Waals surface area contributed by atoms with E-state index < -0.39 is 0 Å². The molecule has 1 atom stereocenters. The maximum atomic E-state index is 11.7. The minimum atomic E-state index is 0.0872. The van der Waals surface area contributed by atoms with E-state index in [0.717, 1.165) is 12.5 Å². The second-order valence-corrected chi connectivity index (χ2v) is 6.13. The lowest BCUT2D eigenvalue weighted by atomic mass is 10.2. The number of thiophene rings is 1. The molecular weight excluding hydrogens is 232 g/mol. The van der Waals surface area contributed by atoms with Crippen LogP contribution in [-0.2, 0) is 4.79 Å². The third-order valence-electron chi connectivity index (χ3n) is 2.98. The second kappa shape index (κ2) is 5.65. The molecule has 17 heavy (non-hydrogen) atoms. The molecule has 1 unspecified atom stereocenters. The lowest BCUT2D eigenvalue weighted by Gasteiger charge is -2.12. The summed E-state index contributed by atoms with van der Waals surface area (Å²) < 4.78 is 0. The monoisotopic (exact) mass is 252 g/mol. The molecule has 1 heterocycles. The third-order valence-corrected chi connectivity index (χ3v) is 4.16. The van der Waals surface area contributed by atoms with Crippen molar-refractivity contribution in [2.24, 2.45) is 5.92 Å². The topological polar surface area (TPSA) is 41.1 Å². The normalized spacial score (nSPS) is 16.8. The number of hydrogen-bond acceptors (Lipinski definition) is 3. The van der Waals surface area contributed by atoms with Crippen LogP contribution in [-0.4, -0.2) is 19.0 Å². The highest BCUT2D eigenvalue weighted by molar-refractivity contribution is 7.12. The Kier molecular flexibility index (Phi) is 4.18. The molecule has 2 rings (SSSR count). The molecule has 0 aromatic carbocycles. The van der Waals surface area contributed by atoms with Crippen molar-refractivity contribution >= 4 is 17.2 Å². The number of amides is 1. The van der Waals surface area contributed by atoms with Crippen molar-refractivity contribution in [2.45, 2.75) is 32.7 Å². The van der Waals surface area contributed by atoms with Gasteiger partial charge in [-0.15, -0.1) is 11.3 Å². The third kappa shape index (κ3) is 4.13. The smallest absolute Gasteiger partial charge is 0.234 e. The molecule has 1 aliphatic rings. The molecule has 1 saturated carbocycles. The summed E-state index contributed by atoms with van der Waals surface area (Å²) >= 11 is 1.74. The molecule has 0 radical (unpaired) electrons. The molecular formula is C13H20N2OS. The standard InChI is InChI=1S/C13H20N2OS/c1-9-3-6-12(17-9)10(2)15-13(16)8-14-7-11-4-5-11/h3,6,10-11,14H,4-5,7-8H2,1-2H3,(H,15,16). The molecule has 4 heteroatoms. The quantitative estimate of drug-likeness (QED) is 0.815. The SMILES string of the molecule is Cc1ccc(C(C)NC(=O)CNCC2CC2)s1. The summed E-state index contributed by atoms with van der Waals surface area (Å²) in [4.78, 5) is 14.2. The van der Waals surface area contributed by atoms with Crippen LogP contribution in [0.2, 0.25) is 0 Å². The van der Waals surface area contributed by atoms with E-state index in [9.17, 15) is 4.79 Å². The first-order valence-corrected chi connectivity index (χ1v) is 7.03. The summed E-state index contributed by atoms with van der Waals surface area (Å²) in [6, 6.07) is 4.29. The van der Waals surface area contributed by atoms with Crippen molar-refractivity contribution in [1.29, 1.82) is 0 Å². The molecule has 0 spiro atoms. The molecule has 3 nitrogen and oxygen atoms in total. The van der Waals surface area contributed by atoms with E-state index in [-0.39, 0.29) is 11.9 Å². The van der Waals surface area contributed by atoms with E-state index in [2.05, 4.69) is 29.7 Å². The first kappa shape index (κ1) is 12.6. The van der Waals surface area contributed by atoms with Crippen LogP contribution < -0.4 is 10.6 Å². The van der Waals surface area contributed by atoms with Crippen LogP contribution >= 0.6 is 11.3 Å². The maximum Gasteiger partial charge on any atom is 0.234 e. The lowest BCUT2D eigenvalue weighted by molar-refractivity contribution is -0.120. The summed E-state index contributed by atoms with van der Waals surface area (Å²) in [5.41, 5.74) is 0. The zero-order chi connectivity index (χ0) is 12.3. The van der Waals surface area contributed by atoms with E-state index in [1.165, 1.54) is 22.6 Å².